The summed E-state index contributed by atoms with van der Waals surface area (Å²) in [7, 11) is 5.28. The molecule has 0 radical (unpaired) electrons. The van der Waals surface area contributed by atoms with Crippen LogP contribution in [0.1, 0.15) is 16.8 Å². The zero-order valence-electron chi connectivity index (χ0n) is 16.0. The molecule has 0 bridgehead atoms. The van der Waals surface area contributed by atoms with Crippen molar-refractivity contribution in [3.05, 3.63) is 59.5 Å². The van der Waals surface area contributed by atoms with Crippen LogP contribution in [-0.2, 0) is 20.1 Å². The molecule has 2 heterocycles. The Morgan fingerprint density at radius 1 is 1.22 bits per heavy atom. The summed E-state index contributed by atoms with van der Waals surface area (Å²) in [5, 5.41) is 11.4. The number of aryl methyl sites for hydroxylation is 1. The Bertz CT molecular complexity index is 930. The number of carbonyl (C=O) groups excluding carboxylic acids is 1. The fourth-order valence-electron chi connectivity index (χ4n) is 2.79. The second-order valence-corrected chi connectivity index (χ2v) is 6.35. The van der Waals surface area contributed by atoms with Crippen LogP contribution in [0.2, 0.25) is 0 Å². The maximum atomic E-state index is 12.6. The van der Waals surface area contributed by atoms with Crippen LogP contribution in [0.25, 0.3) is 0 Å². The van der Waals surface area contributed by atoms with Gasteiger partial charge in [0, 0.05) is 37.0 Å². The molecule has 8 heteroatoms. The number of anilines is 1. The van der Waals surface area contributed by atoms with Crippen molar-refractivity contribution >= 4 is 11.8 Å². The fourth-order valence-corrected chi connectivity index (χ4v) is 2.79. The van der Waals surface area contributed by atoms with E-state index in [2.05, 4.69) is 15.5 Å². The van der Waals surface area contributed by atoms with Crippen molar-refractivity contribution in [2.75, 3.05) is 19.5 Å². The minimum absolute atomic E-state index is 0.208. The first kappa shape index (κ1) is 18.5. The molecule has 0 spiro atoms. The second-order valence-electron chi connectivity index (χ2n) is 6.35. The van der Waals surface area contributed by atoms with E-state index >= 15 is 0 Å². The van der Waals surface area contributed by atoms with Gasteiger partial charge in [0.25, 0.3) is 0 Å². The maximum absolute atomic E-state index is 12.6. The number of aromatic nitrogens is 4. The quantitative estimate of drug-likeness (QED) is 0.726. The molecule has 0 saturated carbocycles. The molecule has 2 amide bonds. The summed E-state index contributed by atoms with van der Waals surface area (Å²) < 4.78 is 8.92. The van der Waals surface area contributed by atoms with E-state index in [0.717, 1.165) is 22.6 Å². The summed E-state index contributed by atoms with van der Waals surface area (Å²) in [6.45, 7) is 2.96. The molecule has 0 saturated heterocycles. The van der Waals surface area contributed by atoms with E-state index in [4.69, 9.17) is 4.74 Å². The fraction of sp³-hybridized carbons (Fsp3) is 0.316. The monoisotopic (exact) mass is 368 g/mol. The number of amides is 2. The van der Waals surface area contributed by atoms with Crippen LogP contribution in [0, 0.1) is 6.92 Å². The zero-order chi connectivity index (χ0) is 19.4. The number of hydrogen-bond acceptors (Lipinski definition) is 4. The van der Waals surface area contributed by atoms with Crippen molar-refractivity contribution in [2.45, 2.75) is 20.0 Å². The lowest BCUT2D eigenvalue weighted by molar-refractivity contribution is 0.220. The summed E-state index contributed by atoms with van der Waals surface area (Å²) in [6.07, 6.45) is 3.45. The normalized spacial score (nSPS) is 10.7. The second kappa shape index (κ2) is 7.94. The van der Waals surface area contributed by atoms with E-state index in [1.54, 1.807) is 46.9 Å². The van der Waals surface area contributed by atoms with Gasteiger partial charge in [-0.15, -0.1) is 0 Å². The highest BCUT2D eigenvalue weighted by Gasteiger charge is 2.15. The van der Waals surface area contributed by atoms with Gasteiger partial charge in [0.15, 0.2) is 0 Å². The van der Waals surface area contributed by atoms with Gasteiger partial charge in [0.1, 0.15) is 11.6 Å². The molecular formula is C19H24N6O2. The van der Waals surface area contributed by atoms with Crippen LogP contribution in [0.3, 0.4) is 0 Å². The molecule has 8 nitrogen and oxygen atoms in total. The highest BCUT2D eigenvalue weighted by atomic mass is 16.5. The van der Waals surface area contributed by atoms with Crippen molar-refractivity contribution in [1.82, 2.24) is 24.5 Å². The molecule has 3 aromatic rings. The number of urea groups is 1. The highest BCUT2D eigenvalue weighted by molar-refractivity contribution is 5.88. The third-order valence-corrected chi connectivity index (χ3v) is 4.56. The summed E-state index contributed by atoms with van der Waals surface area (Å²) in [5.41, 5.74) is 3.03. The largest absolute Gasteiger partial charge is 0.496 e. The third-order valence-electron chi connectivity index (χ3n) is 4.56. The predicted molar refractivity (Wildman–Crippen MR) is 103 cm³/mol. The number of para-hydroxylation sites is 1. The average Bonchev–Trinajstić information content (AvgIpc) is 3.23. The molecular weight excluding hydrogens is 344 g/mol. The number of ether oxygens (including phenoxy) is 1. The lowest BCUT2D eigenvalue weighted by atomic mass is 10.2. The SMILES string of the molecule is COc1ccccc1Cn1nccc1NC(=O)N(C)Cc1cnn(C)c1C. The molecule has 2 aromatic heterocycles. The van der Waals surface area contributed by atoms with Crippen LogP contribution >= 0.6 is 0 Å². The Morgan fingerprint density at radius 2 is 2.00 bits per heavy atom. The summed E-state index contributed by atoms with van der Waals surface area (Å²) in [6, 6.07) is 9.31. The van der Waals surface area contributed by atoms with Gasteiger partial charge in [0.05, 0.1) is 32.6 Å². The molecule has 0 aliphatic rings. The molecule has 0 atom stereocenters. The first-order valence-electron chi connectivity index (χ1n) is 8.63. The molecule has 0 aliphatic heterocycles. The van der Waals surface area contributed by atoms with E-state index < -0.39 is 0 Å². The molecule has 0 fully saturated rings. The van der Waals surface area contributed by atoms with Gasteiger partial charge < -0.3 is 9.64 Å². The van der Waals surface area contributed by atoms with Crippen LogP contribution in [0.5, 0.6) is 5.75 Å². The Labute approximate surface area is 158 Å². The van der Waals surface area contributed by atoms with Crippen LogP contribution in [0.15, 0.2) is 42.7 Å². The van der Waals surface area contributed by atoms with Gasteiger partial charge in [-0.2, -0.15) is 10.2 Å². The zero-order valence-corrected chi connectivity index (χ0v) is 16.0. The number of methoxy groups -OCH3 is 1. The number of hydrogen-bond donors (Lipinski definition) is 1. The van der Waals surface area contributed by atoms with E-state index in [0.29, 0.717) is 18.9 Å². The lowest BCUT2D eigenvalue weighted by Gasteiger charge is -2.18. The van der Waals surface area contributed by atoms with Gasteiger partial charge in [-0.3, -0.25) is 10.00 Å². The van der Waals surface area contributed by atoms with Gasteiger partial charge in [0.2, 0.25) is 0 Å². The number of rotatable bonds is 6. The van der Waals surface area contributed by atoms with E-state index in [-0.39, 0.29) is 6.03 Å². The minimum atomic E-state index is -0.208. The number of benzene rings is 1. The van der Waals surface area contributed by atoms with Crippen molar-refractivity contribution in [3.63, 3.8) is 0 Å². The number of carbonyl (C=O) groups is 1. The molecule has 142 valence electrons. The predicted octanol–water partition coefficient (Wildman–Crippen LogP) is 2.65. The van der Waals surface area contributed by atoms with Crippen LogP contribution in [-0.4, -0.2) is 44.6 Å². The van der Waals surface area contributed by atoms with E-state index in [1.807, 2.05) is 38.2 Å². The Morgan fingerprint density at radius 3 is 2.70 bits per heavy atom. The molecule has 1 aromatic carbocycles. The molecule has 27 heavy (non-hydrogen) atoms. The third kappa shape index (κ3) is 4.11. The first-order chi connectivity index (χ1) is 13.0. The molecule has 0 unspecified atom stereocenters. The minimum Gasteiger partial charge on any atom is -0.496 e. The van der Waals surface area contributed by atoms with Crippen LogP contribution < -0.4 is 10.1 Å². The van der Waals surface area contributed by atoms with Gasteiger partial charge in [-0.05, 0) is 13.0 Å². The van der Waals surface area contributed by atoms with Crippen molar-refractivity contribution in [2.24, 2.45) is 7.05 Å². The van der Waals surface area contributed by atoms with Gasteiger partial charge in [-0.25, -0.2) is 9.48 Å². The Balaban J connectivity index is 1.68. The topological polar surface area (TPSA) is 77.2 Å². The average molecular weight is 368 g/mol. The van der Waals surface area contributed by atoms with Gasteiger partial charge >= 0.3 is 6.03 Å². The van der Waals surface area contributed by atoms with Crippen molar-refractivity contribution in [3.8, 4) is 5.75 Å². The summed E-state index contributed by atoms with van der Waals surface area (Å²) >= 11 is 0. The Hall–Kier alpha value is -3.29. The Kier molecular flexibility index (Phi) is 5.44. The summed E-state index contributed by atoms with van der Waals surface area (Å²) in [5.74, 6) is 1.41. The molecule has 3 rings (SSSR count). The van der Waals surface area contributed by atoms with Crippen molar-refractivity contribution < 1.29 is 9.53 Å². The van der Waals surface area contributed by atoms with Gasteiger partial charge in [-0.1, -0.05) is 18.2 Å². The first-order valence-corrected chi connectivity index (χ1v) is 8.63. The maximum Gasteiger partial charge on any atom is 0.323 e. The summed E-state index contributed by atoms with van der Waals surface area (Å²) in [4.78, 5) is 14.2. The molecule has 0 aliphatic carbocycles. The molecule has 1 N–H and O–H groups in total. The van der Waals surface area contributed by atoms with Crippen LogP contribution in [0.4, 0.5) is 10.6 Å². The van der Waals surface area contributed by atoms with Crippen molar-refractivity contribution in [1.29, 1.82) is 0 Å². The van der Waals surface area contributed by atoms with E-state index in [1.165, 1.54) is 0 Å². The number of nitrogens with one attached hydrogen (secondary N) is 1. The lowest BCUT2D eigenvalue weighted by Crippen LogP contribution is -2.31. The number of nitrogens with zero attached hydrogens (tertiary/aromatic N) is 5. The van der Waals surface area contributed by atoms with E-state index in [9.17, 15) is 4.79 Å². The smallest absolute Gasteiger partial charge is 0.323 e. The highest BCUT2D eigenvalue weighted by Crippen LogP contribution is 2.20. The standard InChI is InChI=1S/C19H24N6O2/c1-14-16(11-21-24(14)3)12-23(2)19(26)22-18-9-10-20-25(18)13-15-7-5-6-8-17(15)27-4/h5-11H,12-13H2,1-4H3,(H,22,26).